The number of hydrogen-bond acceptors (Lipinski definition) is 3. The van der Waals surface area contributed by atoms with Gasteiger partial charge in [0.1, 0.15) is 5.78 Å². The highest BCUT2D eigenvalue weighted by molar-refractivity contribution is 5.78. The molecule has 1 aliphatic carbocycles. The Morgan fingerprint density at radius 3 is 2.80 bits per heavy atom. The molecule has 0 aromatic rings. The number of allylic oxidation sites excluding steroid dienone is 1. The zero-order valence-electron chi connectivity index (χ0n) is 9.41. The Hall–Kier alpha value is -0.670. The molecule has 1 aliphatic heterocycles. The molecule has 0 aromatic carbocycles. The Morgan fingerprint density at radius 1 is 1.40 bits per heavy atom. The van der Waals surface area contributed by atoms with Gasteiger partial charge in [-0.2, -0.15) is 0 Å². The van der Waals surface area contributed by atoms with E-state index in [9.17, 15) is 4.79 Å². The maximum Gasteiger partial charge on any atom is 0.133 e. The molecule has 1 saturated heterocycles. The second kappa shape index (κ2) is 4.90. The van der Waals surface area contributed by atoms with Crippen molar-refractivity contribution >= 4 is 5.78 Å². The first-order valence-electron chi connectivity index (χ1n) is 5.89. The summed E-state index contributed by atoms with van der Waals surface area (Å²) < 4.78 is 0. The van der Waals surface area contributed by atoms with E-state index in [1.54, 1.807) is 6.92 Å². The average Bonchev–Trinajstić information content (AvgIpc) is 2.30. The molecule has 3 nitrogen and oxygen atoms in total. The topological polar surface area (TPSA) is 32.3 Å². The fraction of sp³-hybridized carbons (Fsp3) is 0.750. The summed E-state index contributed by atoms with van der Waals surface area (Å²) in [4.78, 5) is 13.9. The highest BCUT2D eigenvalue weighted by Gasteiger charge is 2.26. The van der Waals surface area contributed by atoms with Crippen molar-refractivity contribution in [2.45, 2.75) is 25.8 Å². The summed E-state index contributed by atoms with van der Waals surface area (Å²) in [6, 6.07) is 0.495. The first-order valence-corrected chi connectivity index (χ1v) is 5.89. The van der Waals surface area contributed by atoms with E-state index in [4.69, 9.17) is 0 Å². The molecular formula is C12H20N2O. The molecule has 0 spiro atoms. The molecule has 84 valence electrons. The Balaban J connectivity index is 1.94. The van der Waals surface area contributed by atoms with Crippen LogP contribution in [0.1, 0.15) is 19.8 Å². The molecular weight excluding hydrogens is 188 g/mol. The molecule has 2 atom stereocenters. The SMILES string of the molecule is CC(=O)[C@H]1CC=C[C@@H](N2CCNCC2)C1. The molecule has 2 aliphatic rings. The van der Waals surface area contributed by atoms with Crippen LogP contribution in [-0.4, -0.2) is 42.9 Å². The van der Waals surface area contributed by atoms with Gasteiger partial charge in [-0.3, -0.25) is 9.69 Å². The summed E-state index contributed by atoms with van der Waals surface area (Å²) in [5, 5.41) is 3.36. The average molecular weight is 208 g/mol. The van der Waals surface area contributed by atoms with Crippen molar-refractivity contribution in [3.8, 4) is 0 Å². The molecule has 1 heterocycles. The minimum atomic E-state index is 0.259. The molecule has 0 saturated carbocycles. The van der Waals surface area contributed by atoms with Crippen molar-refractivity contribution in [3.63, 3.8) is 0 Å². The largest absolute Gasteiger partial charge is 0.314 e. The number of hydrogen-bond donors (Lipinski definition) is 1. The number of carbonyl (C=O) groups excluding carboxylic acids is 1. The Kier molecular flexibility index (Phi) is 3.54. The number of ketones is 1. The zero-order chi connectivity index (χ0) is 10.7. The van der Waals surface area contributed by atoms with Crippen molar-refractivity contribution in [3.05, 3.63) is 12.2 Å². The van der Waals surface area contributed by atoms with Crippen molar-refractivity contribution < 1.29 is 4.79 Å². The normalized spacial score (nSPS) is 32.9. The molecule has 0 bridgehead atoms. The molecule has 1 N–H and O–H groups in total. The summed E-state index contributed by atoms with van der Waals surface area (Å²) in [6.45, 7) is 6.10. The van der Waals surface area contributed by atoms with Gasteiger partial charge in [-0.25, -0.2) is 0 Å². The van der Waals surface area contributed by atoms with Crippen LogP contribution in [0.5, 0.6) is 0 Å². The minimum absolute atomic E-state index is 0.259. The number of piperazine rings is 1. The summed E-state index contributed by atoms with van der Waals surface area (Å²) in [6.07, 6.45) is 6.43. The van der Waals surface area contributed by atoms with Crippen LogP contribution in [0.25, 0.3) is 0 Å². The quantitative estimate of drug-likeness (QED) is 0.682. The van der Waals surface area contributed by atoms with Gasteiger partial charge >= 0.3 is 0 Å². The summed E-state index contributed by atoms with van der Waals surface area (Å²) in [5.74, 6) is 0.606. The number of Topliss-reactive ketones (excluding diaryl/α,β-unsaturated/α-hetero) is 1. The van der Waals surface area contributed by atoms with E-state index in [0.29, 0.717) is 11.8 Å². The van der Waals surface area contributed by atoms with Gasteiger partial charge in [0.15, 0.2) is 0 Å². The number of rotatable bonds is 2. The molecule has 15 heavy (non-hydrogen) atoms. The third kappa shape index (κ3) is 2.67. The molecule has 2 rings (SSSR count). The van der Waals surface area contributed by atoms with E-state index < -0.39 is 0 Å². The van der Waals surface area contributed by atoms with E-state index in [-0.39, 0.29) is 5.92 Å². The van der Waals surface area contributed by atoms with Gasteiger partial charge in [-0.15, -0.1) is 0 Å². The van der Waals surface area contributed by atoms with E-state index >= 15 is 0 Å². The second-order valence-corrected chi connectivity index (χ2v) is 4.56. The summed E-state index contributed by atoms with van der Waals surface area (Å²) in [7, 11) is 0. The predicted molar refractivity (Wildman–Crippen MR) is 60.8 cm³/mol. The van der Waals surface area contributed by atoms with Gasteiger partial charge in [-0.1, -0.05) is 12.2 Å². The van der Waals surface area contributed by atoms with Gasteiger partial charge in [-0.05, 0) is 19.8 Å². The van der Waals surface area contributed by atoms with E-state index in [1.165, 1.54) is 0 Å². The first-order chi connectivity index (χ1) is 7.27. The lowest BCUT2D eigenvalue weighted by molar-refractivity contribution is -0.121. The molecule has 0 radical (unpaired) electrons. The standard InChI is InChI=1S/C12H20N2O/c1-10(15)11-3-2-4-12(9-11)14-7-5-13-6-8-14/h2,4,11-13H,3,5-9H2,1H3/t11-,12+/m0/s1. The first kappa shape index (κ1) is 10.8. The number of carbonyl (C=O) groups is 1. The number of nitrogens with one attached hydrogen (secondary N) is 1. The Morgan fingerprint density at radius 2 is 2.13 bits per heavy atom. The van der Waals surface area contributed by atoms with E-state index in [2.05, 4.69) is 22.4 Å². The molecule has 0 aromatic heterocycles. The van der Waals surface area contributed by atoms with Crippen LogP contribution >= 0.6 is 0 Å². The van der Waals surface area contributed by atoms with Crippen LogP contribution < -0.4 is 5.32 Å². The van der Waals surface area contributed by atoms with E-state index in [1.807, 2.05) is 0 Å². The third-order valence-corrected chi connectivity index (χ3v) is 3.50. The molecule has 3 heteroatoms. The lowest BCUT2D eigenvalue weighted by atomic mass is 9.87. The van der Waals surface area contributed by atoms with Crippen LogP contribution in [0.2, 0.25) is 0 Å². The smallest absolute Gasteiger partial charge is 0.133 e. The van der Waals surface area contributed by atoms with Gasteiger partial charge < -0.3 is 5.32 Å². The highest BCUT2D eigenvalue weighted by atomic mass is 16.1. The van der Waals surface area contributed by atoms with Crippen LogP contribution in [0.4, 0.5) is 0 Å². The van der Waals surface area contributed by atoms with Gasteiger partial charge in [0, 0.05) is 38.1 Å². The highest BCUT2D eigenvalue weighted by Crippen LogP contribution is 2.23. The van der Waals surface area contributed by atoms with Crippen molar-refractivity contribution in [2.24, 2.45) is 5.92 Å². The lowest BCUT2D eigenvalue weighted by Crippen LogP contribution is -2.49. The predicted octanol–water partition coefficient (Wildman–Crippen LogP) is 0.815. The Labute approximate surface area is 91.5 Å². The fourth-order valence-electron chi connectivity index (χ4n) is 2.48. The van der Waals surface area contributed by atoms with Gasteiger partial charge in [0.25, 0.3) is 0 Å². The molecule has 0 unspecified atom stereocenters. The summed E-state index contributed by atoms with van der Waals surface area (Å²) in [5.41, 5.74) is 0. The second-order valence-electron chi connectivity index (χ2n) is 4.56. The van der Waals surface area contributed by atoms with Gasteiger partial charge in [0.05, 0.1) is 0 Å². The van der Waals surface area contributed by atoms with E-state index in [0.717, 1.165) is 39.0 Å². The minimum Gasteiger partial charge on any atom is -0.314 e. The lowest BCUT2D eigenvalue weighted by Gasteiger charge is -2.36. The van der Waals surface area contributed by atoms with Crippen molar-refractivity contribution in [2.75, 3.05) is 26.2 Å². The summed E-state index contributed by atoms with van der Waals surface area (Å²) >= 11 is 0. The van der Waals surface area contributed by atoms with Crippen molar-refractivity contribution in [1.82, 2.24) is 10.2 Å². The third-order valence-electron chi connectivity index (χ3n) is 3.50. The zero-order valence-corrected chi connectivity index (χ0v) is 9.41. The van der Waals surface area contributed by atoms with Crippen LogP contribution in [0, 0.1) is 5.92 Å². The monoisotopic (exact) mass is 208 g/mol. The Bertz CT molecular complexity index is 256. The fourth-order valence-corrected chi connectivity index (χ4v) is 2.48. The van der Waals surface area contributed by atoms with Crippen LogP contribution in [-0.2, 0) is 4.79 Å². The molecule has 0 amide bonds. The maximum atomic E-state index is 11.4. The van der Waals surface area contributed by atoms with Gasteiger partial charge in [0.2, 0.25) is 0 Å². The van der Waals surface area contributed by atoms with Crippen LogP contribution in [0.3, 0.4) is 0 Å². The van der Waals surface area contributed by atoms with Crippen molar-refractivity contribution in [1.29, 1.82) is 0 Å². The maximum absolute atomic E-state index is 11.4. The molecule has 1 fully saturated rings. The van der Waals surface area contributed by atoms with Crippen LogP contribution in [0.15, 0.2) is 12.2 Å². The number of nitrogens with zero attached hydrogens (tertiary/aromatic N) is 1.